The summed E-state index contributed by atoms with van der Waals surface area (Å²) in [5.74, 6) is 0.167. The highest BCUT2D eigenvalue weighted by molar-refractivity contribution is 7.20. The Hall–Kier alpha value is -1.10. The van der Waals surface area contributed by atoms with Crippen molar-refractivity contribution in [3.05, 3.63) is 38.8 Å². The zero-order valence-corrected chi connectivity index (χ0v) is 10.6. The molecule has 0 bridgehead atoms. The van der Waals surface area contributed by atoms with Gasteiger partial charge in [-0.15, -0.1) is 11.3 Å². The van der Waals surface area contributed by atoms with E-state index >= 15 is 0 Å². The van der Waals surface area contributed by atoms with E-state index in [0.717, 1.165) is 0 Å². The van der Waals surface area contributed by atoms with E-state index in [0.29, 0.717) is 31.1 Å². The van der Waals surface area contributed by atoms with Crippen LogP contribution in [0.1, 0.15) is 0 Å². The van der Waals surface area contributed by atoms with E-state index in [1.807, 2.05) is 0 Å². The van der Waals surface area contributed by atoms with Crippen molar-refractivity contribution in [2.45, 2.75) is 0 Å². The van der Waals surface area contributed by atoms with Gasteiger partial charge in [-0.3, -0.25) is 0 Å². The fourth-order valence-electron chi connectivity index (χ4n) is 1.63. The first-order valence-electron chi connectivity index (χ1n) is 4.74. The maximum Gasteiger partial charge on any atom is 0.151 e. The molecule has 0 unspecified atom stereocenters. The van der Waals surface area contributed by atoms with Gasteiger partial charge in [-0.25, -0.2) is 9.37 Å². The van der Waals surface area contributed by atoms with E-state index in [4.69, 9.17) is 23.2 Å². The molecule has 0 atom stereocenters. The number of rotatable bonds is 1. The van der Waals surface area contributed by atoms with Crippen LogP contribution in [0.15, 0.2) is 24.3 Å². The molecule has 2 nitrogen and oxygen atoms in total. The van der Waals surface area contributed by atoms with Crippen LogP contribution in [0.4, 0.5) is 4.39 Å². The zero-order valence-electron chi connectivity index (χ0n) is 8.30. The molecule has 3 rings (SSSR count). The maximum atomic E-state index is 13.5. The zero-order chi connectivity index (χ0) is 12.0. The van der Waals surface area contributed by atoms with Crippen LogP contribution in [0.3, 0.4) is 0 Å². The number of H-pyrrole nitrogens is 1. The lowest BCUT2D eigenvalue weighted by Crippen LogP contribution is -1.77. The molecule has 0 saturated heterocycles. The van der Waals surface area contributed by atoms with Crippen molar-refractivity contribution in [2.24, 2.45) is 0 Å². The van der Waals surface area contributed by atoms with Crippen LogP contribution in [-0.2, 0) is 0 Å². The summed E-state index contributed by atoms with van der Waals surface area (Å²) >= 11 is 13.1. The van der Waals surface area contributed by atoms with Crippen molar-refractivity contribution in [3.63, 3.8) is 0 Å². The highest BCUT2D eigenvalue weighted by atomic mass is 35.5. The van der Waals surface area contributed by atoms with Crippen LogP contribution in [0.25, 0.3) is 22.4 Å². The molecule has 86 valence electrons. The summed E-state index contributed by atoms with van der Waals surface area (Å²) in [6.45, 7) is 0. The Kier molecular flexibility index (Phi) is 2.58. The fraction of sp³-hybridized carbons (Fsp3) is 0. The number of aromatic amines is 1. The monoisotopic (exact) mass is 286 g/mol. The van der Waals surface area contributed by atoms with Gasteiger partial charge in [0.15, 0.2) is 5.82 Å². The van der Waals surface area contributed by atoms with Crippen molar-refractivity contribution in [1.29, 1.82) is 0 Å². The summed E-state index contributed by atoms with van der Waals surface area (Å²) in [4.78, 5) is 7.21. The van der Waals surface area contributed by atoms with Crippen LogP contribution < -0.4 is 0 Å². The fourth-order valence-corrected chi connectivity index (χ4v) is 3.09. The Balaban J connectivity index is 2.25. The molecule has 1 N–H and O–H groups in total. The third-order valence-electron chi connectivity index (χ3n) is 2.38. The third kappa shape index (κ3) is 1.82. The van der Waals surface area contributed by atoms with Gasteiger partial charge in [0.25, 0.3) is 0 Å². The number of benzene rings is 1. The van der Waals surface area contributed by atoms with Gasteiger partial charge in [0.05, 0.1) is 9.85 Å². The van der Waals surface area contributed by atoms with Crippen molar-refractivity contribution in [2.75, 3.05) is 0 Å². The molecule has 0 aliphatic rings. The van der Waals surface area contributed by atoms with Crippen molar-refractivity contribution >= 4 is 45.6 Å². The van der Waals surface area contributed by atoms with Gasteiger partial charge in [0.1, 0.15) is 15.7 Å². The highest BCUT2D eigenvalue weighted by Gasteiger charge is 2.13. The van der Waals surface area contributed by atoms with Crippen LogP contribution in [0, 0.1) is 5.82 Å². The van der Waals surface area contributed by atoms with Crippen molar-refractivity contribution in [3.8, 4) is 11.4 Å². The van der Waals surface area contributed by atoms with E-state index in [1.54, 1.807) is 18.2 Å². The molecule has 2 aromatic heterocycles. The molecule has 3 aromatic rings. The molecule has 0 radical (unpaired) electrons. The minimum absolute atomic E-state index is 0.306. The first-order valence-corrected chi connectivity index (χ1v) is 6.32. The van der Waals surface area contributed by atoms with Gasteiger partial charge >= 0.3 is 0 Å². The quantitative estimate of drug-likeness (QED) is 0.688. The average Bonchev–Trinajstić information content (AvgIpc) is 2.82. The number of fused-ring (bicyclic) bond motifs is 1. The van der Waals surface area contributed by atoms with Gasteiger partial charge < -0.3 is 4.98 Å². The molecule has 0 saturated carbocycles. The lowest BCUT2D eigenvalue weighted by Gasteiger charge is -1.90. The van der Waals surface area contributed by atoms with Crippen LogP contribution >= 0.6 is 34.5 Å². The Morgan fingerprint density at radius 1 is 1.29 bits per heavy atom. The third-order valence-corrected chi connectivity index (χ3v) is 3.86. The number of hydrogen-bond acceptors (Lipinski definition) is 2. The number of thiophene rings is 1. The molecule has 6 heteroatoms. The standard InChI is InChI=1S/C11H5Cl2FN2S/c12-8-4-5(10(13)17-8)11-15-7-3-1-2-6(14)9(7)16-11/h1-4H,(H,15,16). The van der Waals surface area contributed by atoms with Crippen molar-refractivity contribution in [1.82, 2.24) is 9.97 Å². The number of nitrogens with one attached hydrogen (secondary N) is 1. The van der Waals surface area contributed by atoms with Gasteiger partial charge in [-0.2, -0.15) is 0 Å². The summed E-state index contributed by atoms with van der Waals surface area (Å²) in [7, 11) is 0. The SMILES string of the molecule is Fc1cccc2[nH]c(-c3cc(Cl)sc3Cl)nc12. The predicted octanol–water partition coefficient (Wildman–Crippen LogP) is 4.74. The smallest absolute Gasteiger partial charge is 0.151 e. The normalized spacial score (nSPS) is 11.2. The van der Waals surface area contributed by atoms with Crippen LogP contribution in [0.2, 0.25) is 8.67 Å². The summed E-state index contributed by atoms with van der Waals surface area (Å²) in [5, 5.41) is 0. The summed E-state index contributed by atoms with van der Waals surface area (Å²) in [6.07, 6.45) is 0. The maximum absolute atomic E-state index is 13.5. The first-order chi connectivity index (χ1) is 8.15. The minimum atomic E-state index is -0.359. The molecule has 0 aliphatic heterocycles. The van der Waals surface area contributed by atoms with Gasteiger partial charge in [-0.1, -0.05) is 29.3 Å². The molecule has 1 aromatic carbocycles. The Morgan fingerprint density at radius 3 is 2.76 bits per heavy atom. The largest absolute Gasteiger partial charge is 0.338 e. The number of imidazole rings is 1. The van der Waals surface area contributed by atoms with E-state index in [2.05, 4.69) is 9.97 Å². The van der Waals surface area contributed by atoms with Gasteiger partial charge in [-0.05, 0) is 18.2 Å². The molecule has 0 spiro atoms. The van der Waals surface area contributed by atoms with E-state index < -0.39 is 0 Å². The highest BCUT2D eigenvalue weighted by Crippen LogP contribution is 2.37. The number of nitrogens with zero attached hydrogens (tertiary/aromatic N) is 1. The van der Waals surface area contributed by atoms with E-state index in [9.17, 15) is 4.39 Å². The average molecular weight is 287 g/mol. The second kappa shape index (κ2) is 3.98. The Bertz CT molecular complexity index is 705. The lowest BCUT2D eigenvalue weighted by molar-refractivity contribution is 0.637. The molecular formula is C11H5Cl2FN2S. The molecule has 0 aliphatic carbocycles. The molecule has 0 amide bonds. The number of aromatic nitrogens is 2. The summed E-state index contributed by atoms with van der Waals surface area (Å²) in [6, 6.07) is 6.47. The second-order valence-corrected chi connectivity index (χ2v) is 5.74. The van der Waals surface area contributed by atoms with Crippen LogP contribution in [-0.4, -0.2) is 9.97 Å². The molecule has 2 heterocycles. The van der Waals surface area contributed by atoms with Gasteiger partial charge in [0, 0.05) is 5.56 Å². The second-order valence-electron chi connectivity index (χ2n) is 3.46. The summed E-state index contributed by atoms with van der Waals surface area (Å²) in [5.41, 5.74) is 1.64. The topological polar surface area (TPSA) is 28.7 Å². The predicted molar refractivity (Wildman–Crippen MR) is 69.4 cm³/mol. The molecular weight excluding hydrogens is 282 g/mol. The van der Waals surface area contributed by atoms with E-state index in [1.165, 1.54) is 17.4 Å². The first kappa shape index (κ1) is 11.0. The molecule has 17 heavy (non-hydrogen) atoms. The molecule has 0 fully saturated rings. The number of para-hydroxylation sites is 1. The Morgan fingerprint density at radius 2 is 2.12 bits per heavy atom. The van der Waals surface area contributed by atoms with Crippen LogP contribution in [0.5, 0.6) is 0 Å². The van der Waals surface area contributed by atoms with E-state index in [-0.39, 0.29) is 5.82 Å². The number of hydrogen-bond donors (Lipinski definition) is 1. The minimum Gasteiger partial charge on any atom is -0.338 e. The Labute approximate surface area is 110 Å². The van der Waals surface area contributed by atoms with Gasteiger partial charge in [0.2, 0.25) is 0 Å². The lowest BCUT2D eigenvalue weighted by atomic mass is 10.3. The van der Waals surface area contributed by atoms with Crippen molar-refractivity contribution < 1.29 is 4.39 Å². The number of halogens is 3. The summed E-state index contributed by atoms with van der Waals surface area (Å²) < 4.78 is 14.6.